The zero-order chi connectivity index (χ0) is 21.7. The van der Waals surface area contributed by atoms with Crippen LogP contribution in [0.15, 0.2) is 42.1 Å². The third-order valence-corrected chi connectivity index (χ3v) is 5.09. The van der Waals surface area contributed by atoms with Crippen LogP contribution in [0.4, 0.5) is 0 Å². The fourth-order valence-electron chi connectivity index (χ4n) is 3.03. The van der Waals surface area contributed by atoms with Crippen molar-refractivity contribution in [1.29, 1.82) is 5.26 Å². The van der Waals surface area contributed by atoms with E-state index in [1.54, 1.807) is 30.3 Å². The lowest BCUT2D eigenvalue weighted by Crippen LogP contribution is -2.31. The Morgan fingerprint density at radius 1 is 1.33 bits per heavy atom. The van der Waals surface area contributed by atoms with Crippen LogP contribution < -0.4 is 14.8 Å². The zero-order valence-corrected chi connectivity index (χ0v) is 18.1. The van der Waals surface area contributed by atoms with Gasteiger partial charge in [-0.1, -0.05) is 36.7 Å². The summed E-state index contributed by atoms with van der Waals surface area (Å²) in [6.45, 7) is 2.71. The molecule has 0 saturated carbocycles. The van der Waals surface area contributed by atoms with Crippen LogP contribution in [0.3, 0.4) is 0 Å². The van der Waals surface area contributed by atoms with E-state index in [4.69, 9.17) is 33.3 Å². The highest BCUT2D eigenvalue weighted by atomic mass is 35.5. The van der Waals surface area contributed by atoms with Gasteiger partial charge in [0.05, 0.1) is 23.8 Å². The molecule has 3 rings (SSSR count). The van der Waals surface area contributed by atoms with Crippen molar-refractivity contribution < 1.29 is 14.3 Å². The standard InChI is InChI=1S/C22H20ClN3O3S/c1-3-8-26-21(27)18(25-22(26)30)10-14-9-17(23)20(19(11-14)28-2)29-13-16-7-5-4-6-15(16)12-24/h4-7,9-11H,3,8,13H2,1-2H3,(H,25,30)/b18-10-. The van der Waals surface area contributed by atoms with E-state index >= 15 is 0 Å². The quantitative estimate of drug-likeness (QED) is 0.511. The molecule has 2 aromatic carbocycles. The van der Waals surface area contributed by atoms with Gasteiger partial charge in [-0.25, -0.2) is 0 Å². The van der Waals surface area contributed by atoms with Crippen molar-refractivity contribution in [3.63, 3.8) is 0 Å². The number of hydrogen-bond acceptors (Lipinski definition) is 5. The number of ether oxygens (including phenoxy) is 2. The first kappa shape index (κ1) is 21.6. The van der Waals surface area contributed by atoms with E-state index in [1.165, 1.54) is 12.0 Å². The van der Waals surface area contributed by atoms with Gasteiger partial charge in [0.15, 0.2) is 16.6 Å². The Balaban J connectivity index is 1.85. The van der Waals surface area contributed by atoms with Crippen molar-refractivity contribution in [1.82, 2.24) is 10.2 Å². The lowest BCUT2D eigenvalue weighted by Gasteiger charge is -2.14. The number of carbonyl (C=O) groups is 1. The number of benzene rings is 2. The number of rotatable bonds is 7. The lowest BCUT2D eigenvalue weighted by atomic mass is 10.1. The summed E-state index contributed by atoms with van der Waals surface area (Å²) < 4.78 is 11.3. The number of amides is 1. The van der Waals surface area contributed by atoms with Gasteiger partial charge in [0, 0.05) is 12.1 Å². The number of halogens is 1. The van der Waals surface area contributed by atoms with E-state index in [-0.39, 0.29) is 12.5 Å². The summed E-state index contributed by atoms with van der Waals surface area (Å²) in [7, 11) is 1.51. The van der Waals surface area contributed by atoms with Crippen molar-refractivity contribution in [3.8, 4) is 17.6 Å². The summed E-state index contributed by atoms with van der Waals surface area (Å²) in [6.07, 6.45) is 2.48. The van der Waals surface area contributed by atoms with Gasteiger partial charge in [-0.15, -0.1) is 0 Å². The Hall–Kier alpha value is -3.08. The molecular weight excluding hydrogens is 422 g/mol. The van der Waals surface area contributed by atoms with Crippen LogP contribution in [0.25, 0.3) is 6.08 Å². The molecule has 1 aliphatic heterocycles. The molecule has 0 aromatic heterocycles. The third-order valence-electron chi connectivity index (χ3n) is 4.48. The second-order valence-electron chi connectivity index (χ2n) is 6.54. The van der Waals surface area contributed by atoms with Crippen molar-refractivity contribution in [2.75, 3.05) is 13.7 Å². The molecule has 154 valence electrons. The zero-order valence-electron chi connectivity index (χ0n) is 16.6. The van der Waals surface area contributed by atoms with E-state index in [0.29, 0.717) is 45.0 Å². The van der Waals surface area contributed by atoms with Gasteiger partial charge >= 0.3 is 0 Å². The van der Waals surface area contributed by atoms with Gasteiger partial charge < -0.3 is 14.8 Å². The highest BCUT2D eigenvalue weighted by Crippen LogP contribution is 2.37. The monoisotopic (exact) mass is 441 g/mol. The number of nitrogens with one attached hydrogen (secondary N) is 1. The van der Waals surface area contributed by atoms with Crippen LogP contribution in [-0.4, -0.2) is 29.6 Å². The van der Waals surface area contributed by atoms with Crippen LogP contribution in [0.5, 0.6) is 11.5 Å². The molecule has 2 aromatic rings. The molecule has 0 atom stereocenters. The second-order valence-corrected chi connectivity index (χ2v) is 7.33. The average molecular weight is 442 g/mol. The maximum absolute atomic E-state index is 12.5. The molecule has 1 heterocycles. The SMILES string of the molecule is CCCN1C(=O)/C(=C/c2cc(Cl)c(OCc3ccccc3C#N)c(OC)c2)NC1=S. The second kappa shape index (κ2) is 9.61. The summed E-state index contributed by atoms with van der Waals surface area (Å²) in [6, 6.07) is 12.7. The van der Waals surface area contributed by atoms with Gasteiger partial charge in [-0.05, 0) is 48.5 Å². The first-order valence-corrected chi connectivity index (χ1v) is 10.1. The summed E-state index contributed by atoms with van der Waals surface area (Å²) in [5.74, 6) is 0.607. The van der Waals surface area contributed by atoms with Crippen LogP contribution in [0, 0.1) is 11.3 Å². The molecule has 1 aliphatic rings. The Morgan fingerprint density at radius 2 is 2.10 bits per heavy atom. The van der Waals surface area contributed by atoms with E-state index in [9.17, 15) is 10.1 Å². The van der Waals surface area contributed by atoms with Gasteiger partial charge in [0.25, 0.3) is 5.91 Å². The normalized spacial score (nSPS) is 14.6. The molecule has 0 bridgehead atoms. The van der Waals surface area contributed by atoms with Crippen LogP contribution in [0.2, 0.25) is 5.02 Å². The van der Waals surface area contributed by atoms with Crippen molar-refractivity contribution in [3.05, 3.63) is 63.8 Å². The number of nitrogens with zero attached hydrogens (tertiary/aromatic N) is 2. The van der Waals surface area contributed by atoms with Crippen LogP contribution in [0.1, 0.15) is 30.0 Å². The average Bonchev–Trinajstić information content (AvgIpc) is 3.00. The minimum Gasteiger partial charge on any atom is -0.493 e. The van der Waals surface area contributed by atoms with Gasteiger partial charge in [0.1, 0.15) is 12.3 Å². The molecule has 0 spiro atoms. The fraction of sp³-hybridized carbons (Fsp3) is 0.227. The summed E-state index contributed by atoms with van der Waals surface area (Å²) in [5.41, 5.74) is 2.32. The molecule has 30 heavy (non-hydrogen) atoms. The largest absolute Gasteiger partial charge is 0.493 e. The van der Waals surface area contributed by atoms with E-state index < -0.39 is 0 Å². The molecular formula is C22H20ClN3O3S. The topological polar surface area (TPSA) is 74.6 Å². The number of nitriles is 1. The number of thiocarbonyl (C=S) groups is 1. The third kappa shape index (κ3) is 4.56. The molecule has 8 heteroatoms. The summed E-state index contributed by atoms with van der Waals surface area (Å²) >= 11 is 11.7. The van der Waals surface area contributed by atoms with Crippen molar-refractivity contribution in [2.45, 2.75) is 20.0 Å². The maximum atomic E-state index is 12.5. The fourth-order valence-corrected chi connectivity index (χ4v) is 3.59. The van der Waals surface area contributed by atoms with Crippen LogP contribution in [-0.2, 0) is 11.4 Å². The van der Waals surface area contributed by atoms with Crippen LogP contribution >= 0.6 is 23.8 Å². The lowest BCUT2D eigenvalue weighted by molar-refractivity contribution is -0.122. The molecule has 0 radical (unpaired) electrons. The van der Waals surface area contributed by atoms with Crippen molar-refractivity contribution in [2.24, 2.45) is 0 Å². The molecule has 0 unspecified atom stereocenters. The maximum Gasteiger partial charge on any atom is 0.276 e. The smallest absolute Gasteiger partial charge is 0.276 e. The first-order valence-electron chi connectivity index (χ1n) is 9.31. The van der Waals surface area contributed by atoms with Gasteiger partial charge in [-0.3, -0.25) is 9.69 Å². The number of hydrogen-bond donors (Lipinski definition) is 1. The number of methoxy groups -OCH3 is 1. The Bertz CT molecular complexity index is 1060. The molecule has 0 aliphatic carbocycles. The Morgan fingerprint density at radius 3 is 2.80 bits per heavy atom. The van der Waals surface area contributed by atoms with Crippen molar-refractivity contribution >= 4 is 40.9 Å². The van der Waals surface area contributed by atoms with Gasteiger partial charge in [0.2, 0.25) is 0 Å². The number of carbonyl (C=O) groups excluding carboxylic acids is 1. The Labute approximate surface area is 185 Å². The highest BCUT2D eigenvalue weighted by molar-refractivity contribution is 7.80. The van der Waals surface area contributed by atoms with Gasteiger partial charge in [-0.2, -0.15) is 5.26 Å². The molecule has 1 fully saturated rings. The Kier molecular flexibility index (Phi) is 6.93. The van der Waals surface area contributed by atoms with E-state index in [0.717, 1.165) is 12.0 Å². The summed E-state index contributed by atoms with van der Waals surface area (Å²) in [5, 5.41) is 12.9. The minimum absolute atomic E-state index is 0.167. The molecule has 1 saturated heterocycles. The molecule has 6 nitrogen and oxygen atoms in total. The highest BCUT2D eigenvalue weighted by Gasteiger charge is 2.29. The first-order chi connectivity index (χ1) is 14.5. The summed E-state index contributed by atoms with van der Waals surface area (Å²) in [4.78, 5) is 14.1. The molecule has 1 amide bonds. The van der Waals surface area contributed by atoms with E-state index in [2.05, 4.69) is 11.4 Å². The predicted molar refractivity (Wildman–Crippen MR) is 119 cm³/mol. The van der Waals surface area contributed by atoms with E-state index in [1.807, 2.05) is 19.1 Å². The minimum atomic E-state index is -0.176. The molecule has 1 N–H and O–H groups in total. The predicted octanol–water partition coefficient (Wildman–Crippen LogP) is 4.27.